The zero-order valence-electron chi connectivity index (χ0n) is 9.86. The number of aryl methyl sites for hydroxylation is 2. The molecule has 1 heterocycles. The second-order valence-electron chi connectivity index (χ2n) is 4.67. The highest BCUT2D eigenvalue weighted by Gasteiger charge is 2.27. The van der Waals surface area contributed by atoms with Crippen molar-refractivity contribution in [3.8, 4) is 0 Å². The number of nitrogens with zero attached hydrogens (tertiary/aromatic N) is 1. The second-order valence-corrected chi connectivity index (χ2v) is 4.67. The van der Waals surface area contributed by atoms with Crippen LogP contribution in [0.2, 0.25) is 0 Å². The largest absolute Gasteiger partial charge is 0.339 e. The van der Waals surface area contributed by atoms with Crippen LogP contribution in [0.3, 0.4) is 0 Å². The number of carbonyl (C=O) groups excluding carboxylic acids is 1. The SMILES string of the molecule is Cc1ccc(C)c(CC(=O)N2CC(N)C2)c1. The van der Waals surface area contributed by atoms with E-state index in [9.17, 15) is 4.79 Å². The molecule has 0 atom stereocenters. The molecule has 1 aromatic carbocycles. The summed E-state index contributed by atoms with van der Waals surface area (Å²) in [5, 5.41) is 0. The summed E-state index contributed by atoms with van der Waals surface area (Å²) >= 11 is 0. The van der Waals surface area contributed by atoms with E-state index in [1.54, 1.807) is 0 Å². The molecule has 1 amide bonds. The van der Waals surface area contributed by atoms with Crippen molar-refractivity contribution in [2.75, 3.05) is 13.1 Å². The first kappa shape index (κ1) is 11.1. The molecule has 16 heavy (non-hydrogen) atoms. The Bertz CT molecular complexity index is 408. The Labute approximate surface area is 96.2 Å². The Morgan fingerprint density at radius 3 is 2.75 bits per heavy atom. The van der Waals surface area contributed by atoms with Crippen LogP contribution >= 0.6 is 0 Å². The third kappa shape index (κ3) is 2.25. The maximum Gasteiger partial charge on any atom is 0.227 e. The van der Waals surface area contributed by atoms with Crippen molar-refractivity contribution in [2.45, 2.75) is 26.3 Å². The third-order valence-corrected chi connectivity index (χ3v) is 3.11. The molecule has 0 radical (unpaired) electrons. The standard InChI is InChI=1S/C13H18N2O/c1-9-3-4-10(2)11(5-9)6-13(16)15-7-12(14)8-15/h3-5,12H,6-8,14H2,1-2H3. The molecule has 0 spiro atoms. The third-order valence-electron chi connectivity index (χ3n) is 3.11. The number of amides is 1. The van der Waals surface area contributed by atoms with Crippen LogP contribution < -0.4 is 5.73 Å². The van der Waals surface area contributed by atoms with Gasteiger partial charge in [0.25, 0.3) is 0 Å². The van der Waals surface area contributed by atoms with E-state index in [0.717, 1.165) is 5.56 Å². The van der Waals surface area contributed by atoms with Gasteiger partial charge in [-0.05, 0) is 25.0 Å². The van der Waals surface area contributed by atoms with Crippen LogP contribution in [0.25, 0.3) is 0 Å². The van der Waals surface area contributed by atoms with Gasteiger partial charge in [0.2, 0.25) is 5.91 Å². The molecule has 1 aliphatic heterocycles. The van der Waals surface area contributed by atoms with E-state index in [1.807, 2.05) is 18.7 Å². The maximum absolute atomic E-state index is 11.9. The van der Waals surface area contributed by atoms with Gasteiger partial charge < -0.3 is 10.6 Å². The first-order valence-corrected chi connectivity index (χ1v) is 5.66. The van der Waals surface area contributed by atoms with E-state index in [0.29, 0.717) is 19.5 Å². The molecule has 0 aliphatic carbocycles. The summed E-state index contributed by atoms with van der Waals surface area (Å²) < 4.78 is 0. The fraction of sp³-hybridized carbons (Fsp3) is 0.462. The van der Waals surface area contributed by atoms with Crippen LogP contribution in [0, 0.1) is 13.8 Å². The molecule has 1 saturated heterocycles. The highest BCUT2D eigenvalue weighted by molar-refractivity contribution is 5.80. The van der Waals surface area contributed by atoms with Crippen molar-refractivity contribution in [1.82, 2.24) is 4.90 Å². The first-order valence-electron chi connectivity index (χ1n) is 5.66. The normalized spacial score (nSPS) is 16.1. The average Bonchev–Trinajstić information content (AvgIpc) is 2.19. The predicted octanol–water partition coefficient (Wildman–Crippen LogP) is 1.02. The van der Waals surface area contributed by atoms with Crippen molar-refractivity contribution in [3.63, 3.8) is 0 Å². The maximum atomic E-state index is 11.9. The summed E-state index contributed by atoms with van der Waals surface area (Å²) in [5.41, 5.74) is 9.18. The van der Waals surface area contributed by atoms with Gasteiger partial charge in [-0.15, -0.1) is 0 Å². The van der Waals surface area contributed by atoms with Crippen molar-refractivity contribution in [3.05, 3.63) is 34.9 Å². The molecule has 1 fully saturated rings. The molecule has 2 N–H and O–H groups in total. The van der Waals surface area contributed by atoms with Crippen LogP contribution in [0.5, 0.6) is 0 Å². The van der Waals surface area contributed by atoms with Crippen LogP contribution in [0.1, 0.15) is 16.7 Å². The summed E-state index contributed by atoms with van der Waals surface area (Å²) in [5.74, 6) is 0.190. The molecular weight excluding hydrogens is 200 g/mol. The summed E-state index contributed by atoms with van der Waals surface area (Å²) in [6.07, 6.45) is 0.500. The number of likely N-dealkylation sites (tertiary alicyclic amines) is 1. The van der Waals surface area contributed by atoms with Crippen LogP contribution in [0.4, 0.5) is 0 Å². The number of nitrogens with two attached hydrogens (primary N) is 1. The van der Waals surface area contributed by atoms with E-state index in [2.05, 4.69) is 18.2 Å². The van der Waals surface area contributed by atoms with Gasteiger partial charge in [0.05, 0.1) is 6.42 Å². The second kappa shape index (κ2) is 4.26. The van der Waals surface area contributed by atoms with Gasteiger partial charge in [-0.2, -0.15) is 0 Å². The highest BCUT2D eigenvalue weighted by atomic mass is 16.2. The van der Waals surface area contributed by atoms with Crippen LogP contribution in [0.15, 0.2) is 18.2 Å². The fourth-order valence-corrected chi connectivity index (χ4v) is 1.98. The Morgan fingerprint density at radius 1 is 1.44 bits per heavy atom. The number of benzene rings is 1. The number of hydrogen-bond donors (Lipinski definition) is 1. The van der Waals surface area contributed by atoms with Gasteiger partial charge in [0, 0.05) is 19.1 Å². The zero-order valence-corrected chi connectivity index (χ0v) is 9.86. The monoisotopic (exact) mass is 218 g/mol. The van der Waals surface area contributed by atoms with E-state index >= 15 is 0 Å². The van der Waals surface area contributed by atoms with Crippen LogP contribution in [-0.4, -0.2) is 29.9 Å². The lowest BCUT2D eigenvalue weighted by atomic mass is 10.0. The molecule has 3 heteroatoms. The highest BCUT2D eigenvalue weighted by Crippen LogP contribution is 2.14. The molecule has 0 unspecified atom stereocenters. The van der Waals surface area contributed by atoms with Crippen LogP contribution in [-0.2, 0) is 11.2 Å². The number of rotatable bonds is 2. The number of hydrogen-bond acceptors (Lipinski definition) is 2. The first-order chi connectivity index (χ1) is 7.56. The van der Waals surface area contributed by atoms with E-state index in [-0.39, 0.29) is 11.9 Å². The van der Waals surface area contributed by atoms with Crippen molar-refractivity contribution in [2.24, 2.45) is 5.73 Å². The van der Waals surface area contributed by atoms with Gasteiger partial charge in [-0.1, -0.05) is 23.8 Å². The molecule has 1 aromatic rings. The Kier molecular flexibility index (Phi) is 2.97. The molecule has 0 saturated carbocycles. The smallest absolute Gasteiger partial charge is 0.227 e. The molecular formula is C13H18N2O. The van der Waals surface area contributed by atoms with Crippen molar-refractivity contribution in [1.29, 1.82) is 0 Å². The topological polar surface area (TPSA) is 46.3 Å². The predicted molar refractivity (Wildman–Crippen MR) is 64.2 cm³/mol. The minimum Gasteiger partial charge on any atom is -0.339 e. The van der Waals surface area contributed by atoms with E-state index < -0.39 is 0 Å². The zero-order chi connectivity index (χ0) is 11.7. The fourth-order valence-electron chi connectivity index (χ4n) is 1.98. The summed E-state index contributed by atoms with van der Waals surface area (Å²) in [7, 11) is 0. The summed E-state index contributed by atoms with van der Waals surface area (Å²) in [4.78, 5) is 13.7. The van der Waals surface area contributed by atoms with E-state index in [4.69, 9.17) is 5.73 Å². The van der Waals surface area contributed by atoms with Gasteiger partial charge in [0.15, 0.2) is 0 Å². The molecule has 0 aromatic heterocycles. The van der Waals surface area contributed by atoms with Gasteiger partial charge in [-0.3, -0.25) is 4.79 Å². The minimum absolute atomic E-state index is 0.183. The van der Waals surface area contributed by atoms with Crippen molar-refractivity contribution >= 4 is 5.91 Å². The van der Waals surface area contributed by atoms with E-state index in [1.165, 1.54) is 11.1 Å². The molecule has 86 valence electrons. The Balaban J connectivity index is 2.03. The molecule has 1 aliphatic rings. The summed E-state index contributed by atoms with van der Waals surface area (Å²) in [6, 6.07) is 6.41. The summed E-state index contributed by atoms with van der Waals surface area (Å²) in [6.45, 7) is 5.52. The molecule has 2 rings (SSSR count). The lowest BCUT2D eigenvalue weighted by Crippen LogP contribution is -2.58. The van der Waals surface area contributed by atoms with Gasteiger partial charge in [-0.25, -0.2) is 0 Å². The van der Waals surface area contributed by atoms with Gasteiger partial charge >= 0.3 is 0 Å². The Hall–Kier alpha value is -1.35. The lowest BCUT2D eigenvalue weighted by molar-refractivity contribution is -0.134. The minimum atomic E-state index is 0.183. The number of carbonyl (C=O) groups is 1. The molecule has 0 bridgehead atoms. The average molecular weight is 218 g/mol. The Morgan fingerprint density at radius 2 is 2.12 bits per heavy atom. The quantitative estimate of drug-likeness (QED) is 0.805. The molecule has 3 nitrogen and oxygen atoms in total. The van der Waals surface area contributed by atoms with Gasteiger partial charge in [0.1, 0.15) is 0 Å². The lowest BCUT2D eigenvalue weighted by Gasteiger charge is -2.37. The van der Waals surface area contributed by atoms with Crippen molar-refractivity contribution < 1.29 is 4.79 Å².